The Hall–Kier alpha value is -3.80. The SMILES string of the molecule is COc1ccc(Nc2ccc(NC(=O)c3ccccc3)c3c2CNC3=O)cc1. The molecule has 6 nitrogen and oxygen atoms in total. The average molecular weight is 373 g/mol. The number of anilines is 3. The Morgan fingerprint density at radius 1 is 0.964 bits per heavy atom. The fourth-order valence-electron chi connectivity index (χ4n) is 3.18. The van der Waals surface area contributed by atoms with Gasteiger partial charge in [0.25, 0.3) is 11.8 Å². The summed E-state index contributed by atoms with van der Waals surface area (Å²) in [5.74, 6) is 0.321. The number of hydrogen-bond donors (Lipinski definition) is 3. The van der Waals surface area contributed by atoms with Crippen LogP contribution in [0.1, 0.15) is 26.3 Å². The van der Waals surface area contributed by atoms with Crippen LogP contribution in [0.4, 0.5) is 17.1 Å². The molecule has 6 heteroatoms. The molecule has 0 radical (unpaired) electrons. The van der Waals surface area contributed by atoms with Gasteiger partial charge >= 0.3 is 0 Å². The first kappa shape index (κ1) is 17.6. The molecule has 0 spiro atoms. The topological polar surface area (TPSA) is 79.5 Å². The minimum Gasteiger partial charge on any atom is -0.497 e. The molecule has 0 aromatic heterocycles. The third-order valence-corrected chi connectivity index (χ3v) is 4.62. The van der Waals surface area contributed by atoms with Gasteiger partial charge in [-0.25, -0.2) is 0 Å². The summed E-state index contributed by atoms with van der Waals surface area (Å²) in [6.07, 6.45) is 0. The van der Waals surface area contributed by atoms with Crippen molar-refractivity contribution in [1.82, 2.24) is 5.32 Å². The quantitative estimate of drug-likeness (QED) is 0.633. The first-order chi connectivity index (χ1) is 13.7. The van der Waals surface area contributed by atoms with Crippen molar-refractivity contribution in [1.29, 1.82) is 0 Å². The maximum atomic E-state index is 12.5. The third kappa shape index (κ3) is 3.40. The smallest absolute Gasteiger partial charge is 0.255 e. The summed E-state index contributed by atoms with van der Waals surface area (Å²) in [5, 5.41) is 9.01. The van der Waals surface area contributed by atoms with Crippen molar-refractivity contribution in [3.05, 3.63) is 83.4 Å². The first-order valence-corrected chi connectivity index (χ1v) is 8.87. The van der Waals surface area contributed by atoms with Gasteiger partial charge < -0.3 is 20.7 Å². The van der Waals surface area contributed by atoms with Crippen molar-refractivity contribution in [3.63, 3.8) is 0 Å². The molecule has 0 fully saturated rings. The number of benzene rings is 3. The molecule has 3 N–H and O–H groups in total. The number of carbonyl (C=O) groups excluding carboxylic acids is 2. The second-order valence-electron chi connectivity index (χ2n) is 6.37. The Kier molecular flexibility index (Phi) is 4.68. The minimum atomic E-state index is -0.252. The second kappa shape index (κ2) is 7.44. The zero-order valence-corrected chi connectivity index (χ0v) is 15.3. The minimum absolute atomic E-state index is 0.197. The fraction of sp³-hybridized carbons (Fsp3) is 0.0909. The van der Waals surface area contributed by atoms with Gasteiger partial charge in [-0.2, -0.15) is 0 Å². The van der Waals surface area contributed by atoms with E-state index in [0.717, 1.165) is 22.7 Å². The normalized spacial score (nSPS) is 12.1. The molecule has 140 valence electrons. The maximum Gasteiger partial charge on any atom is 0.255 e. The summed E-state index contributed by atoms with van der Waals surface area (Å²) < 4.78 is 5.17. The van der Waals surface area contributed by atoms with Gasteiger partial charge in [0, 0.05) is 29.0 Å². The molecule has 0 saturated carbocycles. The lowest BCUT2D eigenvalue weighted by atomic mass is 10.0. The van der Waals surface area contributed by atoms with Crippen molar-refractivity contribution in [3.8, 4) is 5.75 Å². The number of amides is 2. The van der Waals surface area contributed by atoms with Crippen LogP contribution in [0.15, 0.2) is 66.7 Å². The standard InChI is InChI=1S/C22H19N3O3/c1-28-16-9-7-15(8-10-16)24-18-11-12-19(20-17(18)13-23-22(20)27)25-21(26)14-5-3-2-4-6-14/h2-12,24H,13H2,1H3,(H,23,27)(H,25,26). The number of rotatable bonds is 5. The van der Waals surface area contributed by atoms with Gasteiger partial charge in [-0.3, -0.25) is 9.59 Å². The van der Waals surface area contributed by atoms with Gasteiger partial charge in [-0.1, -0.05) is 18.2 Å². The molecule has 3 aromatic carbocycles. The number of nitrogens with one attached hydrogen (secondary N) is 3. The molecular weight excluding hydrogens is 354 g/mol. The number of carbonyl (C=O) groups is 2. The first-order valence-electron chi connectivity index (χ1n) is 8.87. The molecule has 0 aliphatic carbocycles. The van der Waals surface area contributed by atoms with E-state index in [-0.39, 0.29) is 11.8 Å². The second-order valence-corrected chi connectivity index (χ2v) is 6.37. The van der Waals surface area contributed by atoms with Crippen LogP contribution in [-0.4, -0.2) is 18.9 Å². The van der Waals surface area contributed by atoms with E-state index in [1.807, 2.05) is 36.4 Å². The highest BCUT2D eigenvalue weighted by molar-refractivity contribution is 6.11. The monoisotopic (exact) mass is 373 g/mol. The number of methoxy groups -OCH3 is 1. The summed E-state index contributed by atoms with van der Waals surface area (Å²) in [6, 6.07) is 20.1. The summed E-state index contributed by atoms with van der Waals surface area (Å²) in [5.41, 5.74) is 4.04. The maximum absolute atomic E-state index is 12.5. The summed E-state index contributed by atoms with van der Waals surface area (Å²) in [6.45, 7) is 0.404. The molecule has 4 rings (SSSR count). The lowest BCUT2D eigenvalue weighted by Crippen LogP contribution is -2.17. The number of ether oxygens (including phenoxy) is 1. The van der Waals surface area contributed by atoms with Crippen molar-refractivity contribution >= 4 is 28.9 Å². The molecule has 1 aliphatic rings. The van der Waals surface area contributed by atoms with Gasteiger partial charge in [0.15, 0.2) is 0 Å². The lowest BCUT2D eigenvalue weighted by molar-refractivity contribution is 0.0966. The van der Waals surface area contributed by atoms with Crippen LogP contribution in [-0.2, 0) is 6.54 Å². The summed E-state index contributed by atoms with van der Waals surface area (Å²) >= 11 is 0. The molecule has 28 heavy (non-hydrogen) atoms. The zero-order chi connectivity index (χ0) is 19.5. The highest BCUT2D eigenvalue weighted by Crippen LogP contribution is 2.33. The van der Waals surface area contributed by atoms with Crippen LogP contribution in [0.25, 0.3) is 0 Å². The van der Waals surface area contributed by atoms with Crippen LogP contribution < -0.4 is 20.7 Å². The van der Waals surface area contributed by atoms with Crippen LogP contribution >= 0.6 is 0 Å². The lowest BCUT2D eigenvalue weighted by Gasteiger charge is -2.14. The van der Waals surface area contributed by atoms with Crippen LogP contribution in [0.2, 0.25) is 0 Å². The molecule has 0 unspecified atom stereocenters. The van der Waals surface area contributed by atoms with Crippen molar-refractivity contribution in [2.45, 2.75) is 6.54 Å². The summed E-state index contributed by atoms with van der Waals surface area (Å²) in [7, 11) is 1.62. The predicted molar refractivity (Wildman–Crippen MR) is 108 cm³/mol. The van der Waals surface area contributed by atoms with Gasteiger partial charge in [0.05, 0.1) is 18.4 Å². The molecule has 0 atom stereocenters. The van der Waals surface area contributed by atoms with Gasteiger partial charge in [-0.05, 0) is 48.5 Å². The van der Waals surface area contributed by atoms with Crippen molar-refractivity contribution in [2.24, 2.45) is 0 Å². The van der Waals surface area contributed by atoms with Gasteiger partial charge in [-0.15, -0.1) is 0 Å². The highest BCUT2D eigenvalue weighted by atomic mass is 16.5. The Balaban J connectivity index is 1.62. The molecule has 1 aliphatic heterocycles. The zero-order valence-electron chi connectivity index (χ0n) is 15.3. The van der Waals surface area contributed by atoms with E-state index in [0.29, 0.717) is 23.4 Å². The van der Waals surface area contributed by atoms with Gasteiger partial charge in [0.1, 0.15) is 5.75 Å². The Bertz CT molecular complexity index is 1030. The number of hydrogen-bond acceptors (Lipinski definition) is 4. The Morgan fingerprint density at radius 3 is 2.39 bits per heavy atom. The van der Waals surface area contributed by atoms with E-state index in [9.17, 15) is 9.59 Å². The average Bonchev–Trinajstić information content (AvgIpc) is 3.13. The van der Waals surface area contributed by atoms with E-state index >= 15 is 0 Å². The van der Waals surface area contributed by atoms with E-state index < -0.39 is 0 Å². The molecule has 2 amide bonds. The van der Waals surface area contributed by atoms with Crippen LogP contribution in [0.3, 0.4) is 0 Å². The third-order valence-electron chi connectivity index (χ3n) is 4.62. The van der Waals surface area contributed by atoms with Crippen LogP contribution in [0, 0.1) is 0 Å². The van der Waals surface area contributed by atoms with E-state index in [4.69, 9.17) is 4.74 Å². The predicted octanol–water partition coefficient (Wildman–Crippen LogP) is 3.93. The molecule has 0 saturated heterocycles. The molecule has 1 heterocycles. The molecule has 0 bridgehead atoms. The van der Waals surface area contributed by atoms with Crippen molar-refractivity contribution in [2.75, 3.05) is 17.7 Å². The van der Waals surface area contributed by atoms with Crippen molar-refractivity contribution < 1.29 is 14.3 Å². The highest BCUT2D eigenvalue weighted by Gasteiger charge is 2.26. The fourth-order valence-corrected chi connectivity index (χ4v) is 3.18. The van der Waals surface area contributed by atoms with Crippen LogP contribution in [0.5, 0.6) is 5.75 Å². The number of fused-ring (bicyclic) bond motifs is 1. The summed E-state index contributed by atoms with van der Waals surface area (Å²) in [4.78, 5) is 24.9. The molecule has 3 aromatic rings. The molecular formula is C22H19N3O3. The Labute approximate surface area is 162 Å². The Morgan fingerprint density at radius 2 is 1.68 bits per heavy atom. The van der Waals surface area contributed by atoms with Gasteiger partial charge in [0.2, 0.25) is 0 Å². The largest absolute Gasteiger partial charge is 0.497 e. The van der Waals surface area contributed by atoms with E-state index in [2.05, 4.69) is 16.0 Å². The van der Waals surface area contributed by atoms with E-state index in [1.165, 1.54) is 0 Å². The van der Waals surface area contributed by atoms with E-state index in [1.54, 1.807) is 37.4 Å².